The van der Waals surface area contributed by atoms with E-state index in [0.29, 0.717) is 0 Å². The fourth-order valence-electron chi connectivity index (χ4n) is 2.38. The molecule has 2 heterocycles. The summed E-state index contributed by atoms with van der Waals surface area (Å²) in [6.45, 7) is 1.69. The van der Waals surface area contributed by atoms with Gasteiger partial charge in [-0.05, 0) is 30.1 Å². The van der Waals surface area contributed by atoms with Gasteiger partial charge in [0.2, 0.25) is 0 Å². The van der Waals surface area contributed by atoms with Crippen molar-refractivity contribution >= 4 is 10.9 Å². The number of fused-ring (bicyclic) bond motifs is 1. The molecule has 0 aliphatic heterocycles. The van der Waals surface area contributed by atoms with Crippen molar-refractivity contribution in [2.24, 2.45) is 7.05 Å². The topological polar surface area (TPSA) is 34.8 Å². The van der Waals surface area contributed by atoms with E-state index in [4.69, 9.17) is 0 Å². The van der Waals surface area contributed by atoms with E-state index in [9.17, 15) is 0 Å². The highest BCUT2D eigenvalue weighted by molar-refractivity contribution is 5.80. The summed E-state index contributed by atoms with van der Waals surface area (Å²) in [4.78, 5) is 4.39. The first kappa shape index (κ1) is 12.0. The summed E-state index contributed by atoms with van der Waals surface area (Å²) in [5.41, 5.74) is 2.56. The van der Waals surface area contributed by atoms with Crippen LogP contribution >= 0.6 is 0 Å². The second kappa shape index (κ2) is 4.90. The molecule has 0 aliphatic carbocycles. The monoisotopic (exact) mass is 254 g/mol. The first-order valence-electron chi connectivity index (χ1n) is 6.46. The zero-order valence-electron chi connectivity index (χ0n) is 11.3. The average Bonchev–Trinajstić information content (AvgIpc) is 2.98. The van der Waals surface area contributed by atoms with E-state index in [0.717, 1.165) is 18.9 Å². The van der Waals surface area contributed by atoms with E-state index in [-0.39, 0.29) is 0 Å². The number of aromatic nitrogens is 3. The second-order valence-corrected chi connectivity index (χ2v) is 4.82. The molecular weight excluding hydrogens is 236 g/mol. The zero-order valence-corrected chi connectivity index (χ0v) is 11.3. The molecule has 0 fully saturated rings. The van der Waals surface area contributed by atoms with Crippen LogP contribution in [0.25, 0.3) is 10.9 Å². The van der Waals surface area contributed by atoms with Gasteiger partial charge in [0.1, 0.15) is 5.82 Å². The van der Waals surface area contributed by atoms with Crippen molar-refractivity contribution in [3.63, 3.8) is 0 Å². The van der Waals surface area contributed by atoms with Crippen molar-refractivity contribution in [1.82, 2.24) is 19.4 Å². The molecule has 0 radical (unpaired) electrons. The van der Waals surface area contributed by atoms with E-state index in [1.807, 2.05) is 26.5 Å². The highest BCUT2D eigenvalue weighted by Gasteiger charge is 2.05. The molecule has 4 nitrogen and oxygen atoms in total. The number of benzene rings is 1. The maximum absolute atomic E-state index is 4.39. The van der Waals surface area contributed by atoms with Crippen LogP contribution < -0.4 is 5.32 Å². The third kappa shape index (κ3) is 2.27. The average molecular weight is 254 g/mol. The molecule has 0 bridgehead atoms. The molecule has 3 rings (SSSR count). The van der Waals surface area contributed by atoms with Gasteiger partial charge in [0, 0.05) is 37.7 Å². The molecular formula is C15H18N4. The minimum atomic E-state index is 0.802. The van der Waals surface area contributed by atoms with Gasteiger partial charge in [0.15, 0.2) is 0 Å². The van der Waals surface area contributed by atoms with Crippen LogP contribution in [0, 0.1) is 0 Å². The molecule has 0 amide bonds. The van der Waals surface area contributed by atoms with Gasteiger partial charge < -0.3 is 14.5 Å². The van der Waals surface area contributed by atoms with Gasteiger partial charge in [-0.25, -0.2) is 4.98 Å². The summed E-state index contributed by atoms with van der Waals surface area (Å²) in [5, 5.41) is 4.46. The predicted molar refractivity (Wildman–Crippen MR) is 77.0 cm³/mol. The van der Waals surface area contributed by atoms with Crippen LogP contribution in [0.4, 0.5) is 0 Å². The Morgan fingerprint density at radius 2 is 2.11 bits per heavy atom. The number of imidazole rings is 1. The standard InChI is InChI=1S/C15H18N4/c1-16-10-12-3-4-13-5-7-19(14(13)9-12)11-15-17-6-8-18(15)2/h3-9,16H,10-11H2,1-2H3. The summed E-state index contributed by atoms with van der Waals surface area (Å²) in [5.74, 6) is 1.07. The maximum atomic E-state index is 4.39. The minimum absolute atomic E-state index is 0.802. The summed E-state index contributed by atoms with van der Waals surface area (Å²) < 4.78 is 4.31. The van der Waals surface area contributed by atoms with Crippen molar-refractivity contribution in [3.8, 4) is 0 Å². The van der Waals surface area contributed by atoms with Crippen LogP contribution in [-0.2, 0) is 20.1 Å². The first-order valence-corrected chi connectivity index (χ1v) is 6.46. The summed E-state index contributed by atoms with van der Waals surface area (Å²) in [6, 6.07) is 8.75. The summed E-state index contributed by atoms with van der Waals surface area (Å²) in [6.07, 6.45) is 5.95. The van der Waals surface area contributed by atoms with E-state index in [2.05, 4.69) is 49.9 Å². The van der Waals surface area contributed by atoms with Crippen LogP contribution in [0.5, 0.6) is 0 Å². The quantitative estimate of drug-likeness (QED) is 0.774. The summed E-state index contributed by atoms with van der Waals surface area (Å²) in [7, 11) is 4.00. The number of hydrogen-bond donors (Lipinski definition) is 1. The van der Waals surface area contributed by atoms with Gasteiger partial charge in [-0.15, -0.1) is 0 Å². The number of nitrogens with one attached hydrogen (secondary N) is 1. The van der Waals surface area contributed by atoms with Gasteiger partial charge in [-0.3, -0.25) is 0 Å². The molecule has 1 aromatic carbocycles. The number of nitrogens with zero attached hydrogens (tertiary/aromatic N) is 3. The molecule has 0 spiro atoms. The van der Waals surface area contributed by atoms with Crippen molar-refractivity contribution < 1.29 is 0 Å². The molecule has 0 unspecified atom stereocenters. The fraction of sp³-hybridized carbons (Fsp3) is 0.267. The number of rotatable bonds is 4. The number of aryl methyl sites for hydroxylation is 1. The first-order chi connectivity index (χ1) is 9.28. The van der Waals surface area contributed by atoms with Gasteiger partial charge in [-0.2, -0.15) is 0 Å². The van der Waals surface area contributed by atoms with Crippen LogP contribution in [-0.4, -0.2) is 21.2 Å². The fourth-order valence-corrected chi connectivity index (χ4v) is 2.38. The lowest BCUT2D eigenvalue weighted by atomic mass is 10.1. The van der Waals surface area contributed by atoms with Gasteiger partial charge in [0.25, 0.3) is 0 Å². The molecule has 0 saturated carbocycles. The summed E-state index contributed by atoms with van der Waals surface area (Å²) >= 11 is 0. The van der Waals surface area contributed by atoms with Gasteiger partial charge in [0.05, 0.1) is 6.54 Å². The Labute approximate surface area is 112 Å². The van der Waals surface area contributed by atoms with E-state index in [1.54, 1.807) is 0 Å². The highest BCUT2D eigenvalue weighted by Crippen LogP contribution is 2.18. The van der Waals surface area contributed by atoms with Gasteiger partial charge >= 0.3 is 0 Å². The molecule has 2 aromatic heterocycles. The largest absolute Gasteiger partial charge is 0.340 e. The smallest absolute Gasteiger partial charge is 0.128 e. The van der Waals surface area contributed by atoms with Crippen LogP contribution in [0.3, 0.4) is 0 Å². The van der Waals surface area contributed by atoms with Crippen molar-refractivity contribution in [3.05, 3.63) is 54.2 Å². The lowest BCUT2D eigenvalue weighted by Gasteiger charge is -2.07. The highest BCUT2D eigenvalue weighted by atomic mass is 15.1. The molecule has 0 aliphatic rings. The molecule has 3 aromatic rings. The van der Waals surface area contributed by atoms with Crippen molar-refractivity contribution in [1.29, 1.82) is 0 Å². The minimum Gasteiger partial charge on any atom is -0.340 e. The Hall–Kier alpha value is -2.07. The molecule has 0 atom stereocenters. The molecule has 0 saturated heterocycles. The number of hydrogen-bond acceptors (Lipinski definition) is 2. The van der Waals surface area contributed by atoms with E-state index in [1.165, 1.54) is 16.5 Å². The molecule has 98 valence electrons. The van der Waals surface area contributed by atoms with Crippen LogP contribution in [0.1, 0.15) is 11.4 Å². The Kier molecular flexibility index (Phi) is 3.09. The molecule has 4 heteroatoms. The van der Waals surface area contributed by atoms with Crippen molar-refractivity contribution in [2.75, 3.05) is 7.05 Å². The van der Waals surface area contributed by atoms with Gasteiger partial charge in [-0.1, -0.05) is 12.1 Å². The molecule has 19 heavy (non-hydrogen) atoms. The lowest BCUT2D eigenvalue weighted by molar-refractivity contribution is 0.717. The van der Waals surface area contributed by atoms with Crippen molar-refractivity contribution in [2.45, 2.75) is 13.1 Å². The third-order valence-corrected chi connectivity index (χ3v) is 3.45. The zero-order chi connectivity index (χ0) is 13.2. The maximum Gasteiger partial charge on any atom is 0.128 e. The van der Waals surface area contributed by atoms with E-state index < -0.39 is 0 Å². The Balaban J connectivity index is 1.99. The van der Waals surface area contributed by atoms with Crippen LogP contribution in [0.15, 0.2) is 42.9 Å². The second-order valence-electron chi connectivity index (χ2n) is 4.82. The SMILES string of the molecule is CNCc1ccc2ccn(Cc3nccn3C)c2c1. The third-order valence-electron chi connectivity index (χ3n) is 3.45. The normalized spacial score (nSPS) is 11.3. The Morgan fingerprint density at radius 1 is 1.21 bits per heavy atom. The van der Waals surface area contributed by atoms with Crippen LogP contribution in [0.2, 0.25) is 0 Å². The Morgan fingerprint density at radius 3 is 2.84 bits per heavy atom. The molecule has 1 N–H and O–H groups in total. The van der Waals surface area contributed by atoms with E-state index >= 15 is 0 Å². The lowest BCUT2D eigenvalue weighted by Crippen LogP contribution is -2.06. The Bertz CT molecular complexity index is 693. The predicted octanol–water partition coefficient (Wildman–Crippen LogP) is 2.14.